The zero-order chi connectivity index (χ0) is 21.7. The summed E-state index contributed by atoms with van der Waals surface area (Å²) in [5.41, 5.74) is 14.7. The summed E-state index contributed by atoms with van der Waals surface area (Å²) in [6.45, 7) is 3.02. The number of hydrogen-bond donors (Lipinski definition) is 2. The molecule has 0 saturated carbocycles. The van der Waals surface area contributed by atoms with Crippen molar-refractivity contribution in [1.82, 2.24) is 9.80 Å². The predicted molar refractivity (Wildman–Crippen MR) is 119 cm³/mol. The second-order valence-corrected chi connectivity index (χ2v) is 8.24. The van der Waals surface area contributed by atoms with Crippen molar-refractivity contribution in [3.05, 3.63) is 70.2 Å². The van der Waals surface area contributed by atoms with E-state index in [1.165, 1.54) is 4.90 Å². The predicted octanol–water partition coefficient (Wildman–Crippen LogP) is 3.30. The molecule has 0 bridgehead atoms. The van der Waals surface area contributed by atoms with Gasteiger partial charge in [0, 0.05) is 24.2 Å². The maximum Gasteiger partial charge on any atom is 0.327 e. The van der Waals surface area contributed by atoms with E-state index in [1.54, 1.807) is 17.0 Å². The Labute approximate surface area is 182 Å². The van der Waals surface area contributed by atoms with Gasteiger partial charge in [0.25, 0.3) is 0 Å². The van der Waals surface area contributed by atoms with Gasteiger partial charge in [-0.25, -0.2) is 4.79 Å². The van der Waals surface area contributed by atoms with Gasteiger partial charge >= 0.3 is 6.03 Å². The van der Waals surface area contributed by atoms with E-state index in [0.29, 0.717) is 24.5 Å². The summed E-state index contributed by atoms with van der Waals surface area (Å²) in [7, 11) is 0. The number of carbonyl (C=O) groups is 2. The van der Waals surface area contributed by atoms with Gasteiger partial charge in [-0.15, -0.1) is 0 Å². The number of amides is 3. The normalized spacial score (nSPS) is 17.1. The quantitative estimate of drug-likeness (QED) is 0.738. The fourth-order valence-corrected chi connectivity index (χ4v) is 4.07. The maximum absolute atomic E-state index is 13.4. The molecule has 1 heterocycles. The number of benzene rings is 2. The number of hydrogen-bond acceptors (Lipinski definition) is 4. The van der Waals surface area contributed by atoms with E-state index >= 15 is 0 Å². The first-order valence-corrected chi connectivity index (χ1v) is 10.7. The molecule has 0 radical (unpaired) electrons. The number of urea groups is 1. The van der Waals surface area contributed by atoms with Crippen LogP contribution in [0.2, 0.25) is 5.02 Å². The summed E-state index contributed by atoms with van der Waals surface area (Å²) in [6.07, 6.45) is 2.21. The largest absolute Gasteiger partial charge is 0.327 e. The van der Waals surface area contributed by atoms with E-state index in [0.717, 1.165) is 29.5 Å². The van der Waals surface area contributed by atoms with Gasteiger partial charge in [0.15, 0.2) is 0 Å². The monoisotopic (exact) mass is 428 g/mol. The molecule has 1 aliphatic rings. The number of nitrogens with zero attached hydrogens (tertiary/aromatic N) is 2. The highest BCUT2D eigenvalue weighted by Crippen LogP contribution is 2.23. The van der Waals surface area contributed by atoms with Crippen LogP contribution in [0, 0.1) is 0 Å². The van der Waals surface area contributed by atoms with Crippen LogP contribution in [0.5, 0.6) is 0 Å². The summed E-state index contributed by atoms with van der Waals surface area (Å²) in [4.78, 5) is 29.7. The Balaban J connectivity index is 1.88. The molecule has 30 heavy (non-hydrogen) atoms. The van der Waals surface area contributed by atoms with Crippen molar-refractivity contribution in [2.45, 2.75) is 51.4 Å². The van der Waals surface area contributed by atoms with Crippen LogP contribution in [0.3, 0.4) is 0 Å². The van der Waals surface area contributed by atoms with E-state index in [4.69, 9.17) is 23.1 Å². The van der Waals surface area contributed by atoms with Gasteiger partial charge in [0.1, 0.15) is 0 Å². The molecule has 2 aromatic rings. The number of carbonyl (C=O) groups excluding carboxylic acids is 2. The fraction of sp³-hybridized carbons (Fsp3) is 0.391. The molecule has 3 amide bonds. The van der Waals surface area contributed by atoms with Crippen molar-refractivity contribution in [2.75, 3.05) is 6.54 Å². The van der Waals surface area contributed by atoms with E-state index < -0.39 is 11.9 Å². The van der Waals surface area contributed by atoms with Gasteiger partial charge in [-0.05, 0) is 55.0 Å². The van der Waals surface area contributed by atoms with Crippen LogP contribution in [0.25, 0.3) is 0 Å². The average Bonchev–Trinajstić information content (AvgIpc) is 3.17. The SMILES string of the molecule is C[C@@H]1CCCN1C(=O)N(Cc1cc(Cl)ccc1CN)C(=O)[C@H](N)Cc1ccccc1. The van der Waals surface area contributed by atoms with Crippen molar-refractivity contribution in [3.8, 4) is 0 Å². The molecule has 2 aromatic carbocycles. The van der Waals surface area contributed by atoms with E-state index in [1.807, 2.05) is 43.3 Å². The Morgan fingerprint density at radius 3 is 2.57 bits per heavy atom. The van der Waals surface area contributed by atoms with Crippen molar-refractivity contribution in [3.63, 3.8) is 0 Å². The van der Waals surface area contributed by atoms with Gasteiger partial charge in [0.05, 0.1) is 12.6 Å². The standard InChI is InChI=1S/C23H29ClN4O2/c1-16-6-5-11-27(16)23(30)28(15-19-13-20(24)10-9-18(19)14-25)22(29)21(26)12-17-7-3-2-4-8-17/h2-4,7-10,13,16,21H,5-6,11-12,14-15,25-26H2,1H3/t16-,21-/m1/s1. The lowest BCUT2D eigenvalue weighted by Crippen LogP contribution is -2.52. The molecular weight excluding hydrogens is 400 g/mol. The molecule has 4 N–H and O–H groups in total. The van der Waals surface area contributed by atoms with Crippen LogP contribution in [0.1, 0.15) is 36.5 Å². The highest BCUT2D eigenvalue weighted by Gasteiger charge is 2.34. The van der Waals surface area contributed by atoms with E-state index in [9.17, 15) is 9.59 Å². The zero-order valence-electron chi connectivity index (χ0n) is 17.3. The van der Waals surface area contributed by atoms with Gasteiger partial charge in [-0.2, -0.15) is 0 Å². The first-order chi connectivity index (χ1) is 14.4. The molecule has 0 unspecified atom stereocenters. The average molecular weight is 429 g/mol. The minimum atomic E-state index is -0.824. The molecule has 3 rings (SSSR count). The summed E-state index contributed by atoms with van der Waals surface area (Å²) < 4.78 is 0. The number of likely N-dealkylation sites (tertiary alicyclic amines) is 1. The molecule has 0 spiro atoms. The van der Waals surface area contributed by atoms with Crippen LogP contribution < -0.4 is 11.5 Å². The molecule has 1 aliphatic heterocycles. The van der Waals surface area contributed by atoms with Crippen LogP contribution in [-0.2, 0) is 24.3 Å². The summed E-state index contributed by atoms with van der Waals surface area (Å²) in [5, 5.41) is 0.533. The third kappa shape index (κ3) is 5.19. The highest BCUT2D eigenvalue weighted by atomic mass is 35.5. The second-order valence-electron chi connectivity index (χ2n) is 7.80. The molecule has 0 aromatic heterocycles. The molecule has 0 aliphatic carbocycles. The second kappa shape index (κ2) is 10.1. The third-order valence-electron chi connectivity index (χ3n) is 5.63. The lowest BCUT2D eigenvalue weighted by atomic mass is 10.0. The first-order valence-electron chi connectivity index (χ1n) is 10.3. The Morgan fingerprint density at radius 1 is 1.20 bits per heavy atom. The number of imide groups is 1. The van der Waals surface area contributed by atoms with Crippen LogP contribution in [0.4, 0.5) is 4.79 Å². The number of rotatable bonds is 6. The first kappa shape index (κ1) is 22.3. The van der Waals surface area contributed by atoms with Crippen LogP contribution in [-0.4, -0.2) is 40.4 Å². The number of halogens is 1. The Kier molecular flexibility index (Phi) is 7.48. The topological polar surface area (TPSA) is 92.7 Å². The molecule has 6 nitrogen and oxygen atoms in total. The minimum absolute atomic E-state index is 0.0893. The molecule has 1 saturated heterocycles. The summed E-state index contributed by atoms with van der Waals surface area (Å²) >= 11 is 6.17. The highest BCUT2D eigenvalue weighted by molar-refractivity contribution is 6.30. The van der Waals surface area contributed by atoms with Crippen molar-refractivity contribution < 1.29 is 9.59 Å². The Hall–Kier alpha value is -2.41. The Morgan fingerprint density at radius 2 is 1.93 bits per heavy atom. The van der Waals surface area contributed by atoms with E-state index in [2.05, 4.69) is 0 Å². The van der Waals surface area contributed by atoms with Crippen LogP contribution in [0.15, 0.2) is 48.5 Å². The maximum atomic E-state index is 13.4. The summed E-state index contributed by atoms with van der Waals surface area (Å²) in [5.74, 6) is -0.397. The van der Waals surface area contributed by atoms with Gasteiger partial charge in [0.2, 0.25) is 5.91 Å². The van der Waals surface area contributed by atoms with Crippen LogP contribution >= 0.6 is 11.6 Å². The Bertz CT molecular complexity index is 890. The third-order valence-corrected chi connectivity index (χ3v) is 5.86. The van der Waals surface area contributed by atoms with Crippen molar-refractivity contribution >= 4 is 23.5 Å². The molecule has 160 valence electrons. The lowest BCUT2D eigenvalue weighted by molar-refractivity contribution is -0.130. The van der Waals surface area contributed by atoms with E-state index in [-0.39, 0.29) is 18.6 Å². The minimum Gasteiger partial charge on any atom is -0.326 e. The molecule has 2 atom stereocenters. The molecule has 1 fully saturated rings. The molecule has 7 heteroatoms. The van der Waals surface area contributed by atoms with Gasteiger partial charge in [-0.3, -0.25) is 9.69 Å². The smallest absolute Gasteiger partial charge is 0.326 e. The zero-order valence-corrected chi connectivity index (χ0v) is 18.0. The summed E-state index contributed by atoms with van der Waals surface area (Å²) in [6, 6.07) is 13.9. The van der Waals surface area contributed by atoms with Gasteiger partial charge < -0.3 is 16.4 Å². The molecular formula is C23H29ClN4O2. The van der Waals surface area contributed by atoms with Crippen molar-refractivity contribution in [2.24, 2.45) is 11.5 Å². The lowest BCUT2D eigenvalue weighted by Gasteiger charge is -2.31. The number of nitrogens with two attached hydrogens (primary N) is 2. The van der Waals surface area contributed by atoms with Crippen molar-refractivity contribution in [1.29, 1.82) is 0 Å². The van der Waals surface area contributed by atoms with Gasteiger partial charge in [-0.1, -0.05) is 48.0 Å². The fourth-order valence-electron chi connectivity index (χ4n) is 3.88.